The van der Waals surface area contributed by atoms with Crippen LogP contribution >= 0.6 is 11.6 Å². The second-order valence-electron chi connectivity index (χ2n) is 5.41. The molecule has 0 aliphatic heterocycles. The van der Waals surface area contributed by atoms with E-state index in [0.29, 0.717) is 11.1 Å². The van der Waals surface area contributed by atoms with Crippen LogP contribution in [0.5, 0.6) is 0 Å². The zero-order valence-electron chi connectivity index (χ0n) is 13.3. The molecule has 0 spiro atoms. The zero-order valence-corrected chi connectivity index (χ0v) is 14.9. The summed E-state index contributed by atoms with van der Waals surface area (Å²) in [5, 5.41) is 0.0983. The summed E-state index contributed by atoms with van der Waals surface area (Å²) in [6.07, 6.45) is 0. The van der Waals surface area contributed by atoms with Gasteiger partial charge in [-0.05, 0) is 42.8 Å². The number of carbonyl (C=O) groups is 1. The van der Waals surface area contributed by atoms with Crippen LogP contribution in [0, 0.1) is 12.7 Å². The van der Waals surface area contributed by atoms with Crippen LogP contribution in [0.3, 0.4) is 0 Å². The lowest BCUT2D eigenvalue weighted by atomic mass is 10.1. The van der Waals surface area contributed by atoms with Crippen molar-refractivity contribution in [2.45, 2.75) is 11.8 Å². The van der Waals surface area contributed by atoms with E-state index < -0.39 is 20.7 Å². The molecule has 2 rings (SSSR count). The Hall–Kier alpha value is -2.12. The Labute approximate surface area is 145 Å². The molecular formula is C16H16ClFN2O3S. The molecule has 1 N–H and O–H groups in total. The minimum atomic E-state index is -4.15. The molecule has 0 bridgehead atoms. The van der Waals surface area contributed by atoms with E-state index in [4.69, 9.17) is 11.6 Å². The number of hydrogen-bond donors (Lipinski definition) is 1. The average molecular weight is 371 g/mol. The third-order valence-electron chi connectivity index (χ3n) is 3.32. The molecule has 2 aromatic carbocycles. The van der Waals surface area contributed by atoms with Gasteiger partial charge in [-0.2, -0.15) is 0 Å². The molecule has 0 heterocycles. The Kier molecular flexibility index (Phi) is 5.15. The van der Waals surface area contributed by atoms with Crippen molar-refractivity contribution in [1.82, 2.24) is 4.90 Å². The van der Waals surface area contributed by atoms with Crippen LogP contribution < -0.4 is 4.72 Å². The van der Waals surface area contributed by atoms with Crippen molar-refractivity contribution in [1.29, 1.82) is 0 Å². The number of nitrogens with zero attached hydrogens (tertiary/aromatic N) is 1. The smallest absolute Gasteiger partial charge is 0.264 e. The van der Waals surface area contributed by atoms with Gasteiger partial charge in [-0.1, -0.05) is 17.7 Å². The largest absolute Gasteiger partial charge is 0.345 e. The van der Waals surface area contributed by atoms with Gasteiger partial charge in [-0.3, -0.25) is 9.52 Å². The lowest BCUT2D eigenvalue weighted by Crippen LogP contribution is -2.22. The van der Waals surface area contributed by atoms with Crippen LogP contribution in [-0.2, 0) is 10.0 Å². The van der Waals surface area contributed by atoms with Crippen LogP contribution in [0.4, 0.5) is 10.1 Å². The summed E-state index contributed by atoms with van der Waals surface area (Å²) in [5.74, 6) is -1.22. The van der Waals surface area contributed by atoms with Gasteiger partial charge in [0.25, 0.3) is 15.9 Å². The van der Waals surface area contributed by atoms with Gasteiger partial charge in [0.1, 0.15) is 10.7 Å². The van der Waals surface area contributed by atoms with Gasteiger partial charge in [-0.15, -0.1) is 0 Å². The number of hydrogen-bond acceptors (Lipinski definition) is 3. The molecular weight excluding hydrogens is 355 g/mol. The fraction of sp³-hybridized carbons (Fsp3) is 0.188. The molecule has 2 aromatic rings. The Morgan fingerprint density at radius 2 is 1.83 bits per heavy atom. The van der Waals surface area contributed by atoms with E-state index in [9.17, 15) is 17.6 Å². The molecule has 0 aliphatic carbocycles. The second kappa shape index (κ2) is 6.78. The van der Waals surface area contributed by atoms with Gasteiger partial charge in [0.15, 0.2) is 0 Å². The predicted octanol–water partition coefficient (Wildman–Crippen LogP) is 3.29. The first kappa shape index (κ1) is 18.2. The molecule has 8 heteroatoms. The Bertz CT molecular complexity index is 898. The molecule has 0 radical (unpaired) electrons. The Morgan fingerprint density at radius 1 is 1.17 bits per heavy atom. The minimum Gasteiger partial charge on any atom is -0.345 e. The maximum absolute atomic E-state index is 13.9. The first-order valence-electron chi connectivity index (χ1n) is 6.92. The molecule has 0 atom stereocenters. The number of aryl methyl sites for hydroxylation is 1. The van der Waals surface area contributed by atoms with Gasteiger partial charge >= 0.3 is 0 Å². The first-order chi connectivity index (χ1) is 11.1. The predicted molar refractivity (Wildman–Crippen MR) is 91.4 cm³/mol. The molecule has 128 valence electrons. The minimum absolute atomic E-state index is 0.0983. The number of amides is 1. The van der Waals surface area contributed by atoms with Crippen molar-refractivity contribution in [2.75, 3.05) is 18.8 Å². The van der Waals surface area contributed by atoms with E-state index in [0.717, 1.165) is 12.1 Å². The SMILES string of the molecule is Cc1ccc(C(=O)N(C)C)cc1NS(=O)(=O)c1ccc(Cl)cc1F. The number of rotatable bonds is 4. The number of benzene rings is 2. The summed E-state index contributed by atoms with van der Waals surface area (Å²) in [7, 11) is -0.970. The van der Waals surface area contributed by atoms with Gasteiger partial charge in [0, 0.05) is 24.7 Å². The van der Waals surface area contributed by atoms with E-state index in [2.05, 4.69) is 4.72 Å². The lowest BCUT2D eigenvalue weighted by molar-refractivity contribution is 0.0827. The summed E-state index contributed by atoms with van der Waals surface area (Å²) in [5.41, 5.74) is 1.13. The van der Waals surface area contributed by atoms with Crippen LogP contribution in [0.1, 0.15) is 15.9 Å². The third kappa shape index (κ3) is 3.85. The molecule has 0 unspecified atom stereocenters. The number of carbonyl (C=O) groups excluding carboxylic acids is 1. The van der Waals surface area contributed by atoms with E-state index in [1.807, 2.05) is 0 Å². The number of anilines is 1. The molecule has 24 heavy (non-hydrogen) atoms. The lowest BCUT2D eigenvalue weighted by Gasteiger charge is -2.14. The average Bonchev–Trinajstić information content (AvgIpc) is 2.48. The number of halogens is 2. The van der Waals surface area contributed by atoms with E-state index in [1.165, 1.54) is 17.0 Å². The quantitative estimate of drug-likeness (QED) is 0.898. The van der Waals surface area contributed by atoms with Gasteiger partial charge in [0.05, 0.1) is 5.69 Å². The van der Waals surface area contributed by atoms with Gasteiger partial charge in [-0.25, -0.2) is 12.8 Å². The fourth-order valence-corrected chi connectivity index (χ4v) is 3.36. The van der Waals surface area contributed by atoms with Crippen molar-refractivity contribution in [3.63, 3.8) is 0 Å². The highest BCUT2D eigenvalue weighted by atomic mass is 35.5. The van der Waals surface area contributed by atoms with Gasteiger partial charge < -0.3 is 4.90 Å². The molecule has 0 fully saturated rings. The summed E-state index contributed by atoms with van der Waals surface area (Å²) in [6, 6.07) is 7.94. The highest BCUT2D eigenvalue weighted by molar-refractivity contribution is 7.92. The van der Waals surface area contributed by atoms with Crippen molar-refractivity contribution in [3.05, 3.63) is 58.4 Å². The summed E-state index contributed by atoms with van der Waals surface area (Å²) >= 11 is 5.64. The van der Waals surface area contributed by atoms with Crippen LogP contribution in [0.25, 0.3) is 0 Å². The number of nitrogens with one attached hydrogen (secondary N) is 1. The summed E-state index contributed by atoms with van der Waals surface area (Å²) in [4.78, 5) is 12.9. The molecule has 0 saturated carbocycles. The molecule has 0 saturated heterocycles. The standard InChI is InChI=1S/C16H16ClFN2O3S/c1-10-4-5-11(16(21)20(2)3)8-14(10)19-24(22,23)15-7-6-12(17)9-13(15)18/h4-9,19H,1-3H3. The normalized spacial score (nSPS) is 11.2. The molecule has 0 aromatic heterocycles. The topological polar surface area (TPSA) is 66.5 Å². The van der Waals surface area contributed by atoms with Crippen LogP contribution in [-0.4, -0.2) is 33.3 Å². The van der Waals surface area contributed by atoms with E-state index >= 15 is 0 Å². The van der Waals surface area contributed by atoms with Gasteiger partial charge in [0.2, 0.25) is 0 Å². The summed E-state index contributed by atoms with van der Waals surface area (Å²) in [6.45, 7) is 1.68. The molecule has 5 nitrogen and oxygen atoms in total. The van der Waals surface area contributed by atoms with E-state index in [-0.39, 0.29) is 16.6 Å². The third-order valence-corrected chi connectivity index (χ3v) is 4.95. The number of sulfonamides is 1. The monoisotopic (exact) mass is 370 g/mol. The van der Waals surface area contributed by atoms with Crippen LogP contribution in [0.2, 0.25) is 5.02 Å². The second-order valence-corrected chi connectivity index (χ2v) is 7.50. The van der Waals surface area contributed by atoms with E-state index in [1.54, 1.807) is 33.2 Å². The highest BCUT2D eigenvalue weighted by Gasteiger charge is 2.21. The van der Waals surface area contributed by atoms with Crippen molar-refractivity contribution < 1.29 is 17.6 Å². The zero-order chi connectivity index (χ0) is 18.1. The fourth-order valence-electron chi connectivity index (χ4n) is 2.02. The van der Waals surface area contributed by atoms with Crippen molar-refractivity contribution in [2.24, 2.45) is 0 Å². The highest BCUT2D eigenvalue weighted by Crippen LogP contribution is 2.24. The Balaban J connectivity index is 2.42. The Morgan fingerprint density at radius 3 is 2.42 bits per heavy atom. The van der Waals surface area contributed by atoms with Crippen LogP contribution in [0.15, 0.2) is 41.3 Å². The molecule has 1 amide bonds. The maximum atomic E-state index is 13.9. The maximum Gasteiger partial charge on any atom is 0.264 e. The van der Waals surface area contributed by atoms with Crippen molar-refractivity contribution in [3.8, 4) is 0 Å². The van der Waals surface area contributed by atoms with Crippen molar-refractivity contribution >= 4 is 33.2 Å². The molecule has 0 aliphatic rings. The first-order valence-corrected chi connectivity index (χ1v) is 8.78. The summed E-state index contributed by atoms with van der Waals surface area (Å²) < 4.78 is 41.0.